The van der Waals surface area contributed by atoms with Crippen LogP contribution in [0.5, 0.6) is 0 Å². The van der Waals surface area contributed by atoms with Crippen molar-refractivity contribution in [2.75, 3.05) is 19.6 Å². The van der Waals surface area contributed by atoms with Gasteiger partial charge in [0.05, 0.1) is 24.7 Å². The fraction of sp³-hybridized carbons (Fsp3) is 0.440. The molecule has 0 radical (unpaired) electrons. The zero-order chi connectivity index (χ0) is 25.2. The third-order valence-electron chi connectivity index (χ3n) is 6.62. The molecule has 1 spiro atoms. The standard InChI is InChI=1S/C25H25F4NO5/c26-20-5-4-18-15-34-24(21(18)12-20)6-8-30(9-7-24)13-19(22(32)35-23(33)25(27,28)29)11-16-2-1-3-17(10-16)14-31/h1-5,10,12,19,31H,6-9,11,13-15H2. The van der Waals surface area contributed by atoms with Gasteiger partial charge >= 0.3 is 18.1 Å². The summed E-state index contributed by atoms with van der Waals surface area (Å²) >= 11 is 0. The second kappa shape index (κ2) is 10.0. The second-order valence-electron chi connectivity index (χ2n) is 8.97. The molecule has 2 aromatic rings. The molecule has 0 saturated carbocycles. The van der Waals surface area contributed by atoms with Crippen molar-refractivity contribution in [3.63, 3.8) is 0 Å². The SMILES string of the molecule is O=C(OC(=O)C(F)(F)F)C(Cc1cccc(CO)c1)CN1CCC2(CC1)OCc1ccc(F)cc12. The number of benzene rings is 2. The number of aliphatic hydroxyl groups excluding tert-OH is 1. The van der Waals surface area contributed by atoms with Gasteiger partial charge in [0, 0.05) is 19.6 Å². The van der Waals surface area contributed by atoms with E-state index in [1.54, 1.807) is 30.3 Å². The first-order valence-electron chi connectivity index (χ1n) is 11.3. The lowest BCUT2D eigenvalue weighted by Gasteiger charge is -2.40. The summed E-state index contributed by atoms with van der Waals surface area (Å²) in [7, 11) is 0. The van der Waals surface area contributed by atoms with Gasteiger partial charge in [-0.05, 0) is 53.6 Å². The van der Waals surface area contributed by atoms with Crippen molar-refractivity contribution in [1.29, 1.82) is 0 Å². The Kier molecular flexibility index (Phi) is 7.25. The topological polar surface area (TPSA) is 76.1 Å². The molecule has 2 aromatic carbocycles. The van der Waals surface area contributed by atoms with Gasteiger partial charge in [0.15, 0.2) is 0 Å². The van der Waals surface area contributed by atoms with Crippen LogP contribution in [0.2, 0.25) is 0 Å². The summed E-state index contributed by atoms with van der Waals surface area (Å²) in [5.41, 5.74) is 2.31. The molecule has 1 fully saturated rings. The van der Waals surface area contributed by atoms with E-state index >= 15 is 0 Å². The van der Waals surface area contributed by atoms with E-state index in [4.69, 9.17) is 4.74 Å². The van der Waals surface area contributed by atoms with Crippen LogP contribution in [0.3, 0.4) is 0 Å². The Morgan fingerprint density at radius 1 is 1.11 bits per heavy atom. The molecule has 1 unspecified atom stereocenters. The van der Waals surface area contributed by atoms with E-state index in [1.165, 1.54) is 12.1 Å². The minimum absolute atomic E-state index is 0.0317. The van der Waals surface area contributed by atoms with Gasteiger partial charge in [0.25, 0.3) is 0 Å². The number of nitrogens with zero attached hydrogens (tertiary/aromatic N) is 1. The fourth-order valence-electron chi connectivity index (χ4n) is 4.81. The first-order valence-corrected chi connectivity index (χ1v) is 11.3. The summed E-state index contributed by atoms with van der Waals surface area (Å²) in [4.78, 5) is 25.8. The van der Waals surface area contributed by atoms with Gasteiger partial charge in [-0.1, -0.05) is 30.3 Å². The van der Waals surface area contributed by atoms with E-state index in [9.17, 15) is 32.3 Å². The Balaban J connectivity index is 1.47. The molecular weight excluding hydrogens is 470 g/mol. The normalized spacial score (nSPS) is 18.3. The first-order chi connectivity index (χ1) is 16.6. The molecule has 1 N–H and O–H groups in total. The smallest absolute Gasteiger partial charge is 0.392 e. The average Bonchev–Trinajstić information content (AvgIpc) is 3.16. The molecule has 2 aliphatic heterocycles. The average molecular weight is 495 g/mol. The number of carbonyl (C=O) groups excluding carboxylic acids is 2. The highest BCUT2D eigenvalue weighted by atomic mass is 19.4. The Bertz CT molecular complexity index is 1100. The number of aliphatic hydroxyl groups is 1. The van der Waals surface area contributed by atoms with Crippen LogP contribution in [0.4, 0.5) is 17.6 Å². The number of alkyl halides is 3. The van der Waals surface area contributed by atoms with Gasteiger partial charge < -0.3 is 19.5 Å². The molecule has 0 bridgehead atoms. The number of piperidine rings is 1. The predicted octanol–water partition coefficient (Wildman–Crippen LogP) is 3.63. The van der Waals surface area contributed by atoms with Crippen molar-refractivity contribution in [3.8, 4) is 0 Å². The van der Waals surface area contributed by atoms with Crippen molar-refractivity contribution in [2.24, 2.45) is 5.92 Å². The number of likely N-dealkylation sites (tertiary alicyclic amines) is 1. The molecule has 2 aliphatic rings. The number of esters is 2. The minimum Gasteiger partial charge on any atom is -0.392 e. The van der Waals surface area contributed by atoms with Crippen LogP contribution in [-0.4, -0.2) is 47.8 Å². The number of fused-ring (bicyclic) bond motifs is 2. The zero-order valence-corrected chi connectivity index (χ0v) is 18.8. The monoisotopic (exact) mass is 495 g/mol. The Hall–Kier alpha value is -2.82. The van der Waals surface area contributed by atoms with Crippen LogP contribution in [0, 0.1) is 11.7 Å². The maximum atomic E-state index is 13.8. The number of carbonyl (C=O) groups is 2. The van der Waals surface area contributed by atoms with Crippen LogP contribution in [0.1, 0.15) is 35.1 Å². The largest absolute Gasteiger partial charge is 0.491 e. The van der Waals surface area contributed by atoms with Gasteiger partial charge in [-0.3, -0.25) is 4.79 Å². The maximum absolute atomic E-state index is 13.8. The Morgan fingerprint density at radius 3 is 2.51 bits per heavy atom. The molecule has 6 nitrogen and oxygen atoms in total. The predicted molar refractivity (Wildman–Crippen MR) is 115 cm³/mol. The molecule has 188 valence electrons. The maximum Gasteiger partial charge on any atom is 0.491 e. The van der Waals surface area contributed by atoms with Crippen LogP contribution >= 0.6 is 0 Å². The summed E-state index contributed by atoms with van der Waals surface area (Å²) in [6, 6.07) is 11.3. The Morgan fingerprint density at radius 2 is 1.83 bits per heavy atom. The number of hydrogen-bond acceptors (Lipinski definition) is 6. The van der Waals surface area contributed by atoms with Crippen molar-refractivity contribution in [2.45, 2.75) is 44.3 Å². The van der Waals surface area contributed by atoms with E-state index in [1.807, 2.05) is 4.90 Å². The van der Waals surface area contributed by atoms with Gasteiger partial charge in [0.1, 0.15) is 5.82 Å². The molecule has 35 heavy (non-hydrogen) atoms. The highest BCUT2D eigenvalue weighted by Crippen LogP contribution is 2.44. The van der Waals surface area contributed by atoms with Gasteiger partial charge in [-0.2, -0.15) is 13.2 Å². The molecule has 0 aliphatic carbocycles. The third-order valence-corrected chi connectivity index (χ3v) is 6.62. The van der Waals surface area contributed by atoms with Crippen molar-refractivity contribution in [1.82, 2.24) is 4.90 Å². The molecule has 0 amide bonds. The lowest BCUT2D eigenvalue weighted by molar-refractivity contribution is -0.203. The summed E-state index contributed by atoms with van der Waals surface area (Å²) in [5, 5.41) is 9.36. The highest BCUT2D eigenvalue weighted by Gasteiger charge is 2.45. The van der Waals surface area contributed by atoms with Gasteiger partial charge in [-0.25, -0.2) is 9.18 Å². The first kappa shape index (κ1) is 25.3. The van der Waals surface area contributed by atoms with E-state index < -0.39 is 29.6 Å². The van der Waals surface area contributed by atoms with Crippen LogP contribution in [0.25, 0.3) is 0 Å². The van der Waals surface area contributed by atoms with E-state index in [2.05, 4.69) is 4.74 Å². The summed E-state index contributed by atoms with van der Waals surface area (Å²) in [6.45, 7) is 1.14. The molecule has 0 aromatic heterocycles. The lowest BCUT2D eigenvalue weighted by atomic mass is 9.83. The number of halogens is 4. The molecule has 1 saturated heterocycles. The molecule has 10 heteroatoms. The quantitative estimate of drug-likeness (QED) is 0.375. The van der Waals surface area contributed by atoms with E-state index in [0.717, 1.165) is 11.1 Å². The number of rotatable bonds is 6. The zero-order valence-electron chi connectivity index (χ0n) is 18.8. The summed E-state index contributed by atoms with van der Waals surface area (Å²) < 4.78 is 62.1. The van der Waals surface area contributed by atoms with Gasteiger partial charge in [-0.15, -0.1) is 0 Å². The lowest BCUT2D eigenvalue weighted by Crippen LogP contribution is -2.46. The minimum atomic E-state index is -5.28. The van der Waals surface area contributed by atoms with Gasteiger partial charge in [0.2, 0.25) is 0 Å². The van der Waals surface area contributed by atoms with Crippen LogP contribution < -0.4 is 0 Å². The molecule has 4 rings (SSSR count). The van der Waals surface area contributed by atoms with E-state index in [-0.39, 0.29) is 25.4 Å². The van der Waals surface area contributed by atoms with Crippen LogP contribution in [-0.2, 0) is 44.3 Å². The number of hydrogen-bond donors (Lipinski definition) is 1. The van der Waals surface area contributed by atoms with Crippen molar-refractivity contribution >= 4 is 11.9 Å². The van der Waals surface area contributed by atoms with E-state index in [0.29, 0.717) is 43.7 Å². The number of ether oxygens (including phenoxy) is 2. The molecular formula is C25H25F4NO5. The summed E-state index contributed by atoms with van der Waals surface area (Å²) in [6.07, 6.45) is -4.21. The Labute approximate surface area is 199 Å². The highest BCUT2D eigenvalue weighted by molar-refractivity contribution is 5.89. The molecule has 2 heterocycles. The summed E-state index contributed by atoms with van der Waals surface area (Å²) in [5.74, 6) is -5.20. The molecule has 1 atom stereocenters. The van der Waals surface area contributed by atoms with Crippen molar-refractivity contribution in [3.05, 3.63) is 70.5 Å². The van der Waals surface area contributed by atoms with Crippen molar-refractivity contribution < 1.29 is 41.7 Å². The fourth-order valence-corrected chi connectivity index (χ4v) is 4.81. The van der Waals surface area contributed by atoms with Crippen LogP contribution in [0.15, 0.2) is 42.5 Å². The second-order valence-corrected chi connectivity index (χ2v) is 8.97. The third kappa shape index (κ3) is 5.71.